The number of carbonyl (C=O) groups is 3. The monoisotopic (exact) mass is 500 g/mol. The standard InChI is InChI=1S/C25H19Cl3N2O3/c26-13-2-4-14(5-3-13)29(23(31)12-1-8-19(27)20(28)9-12)11-30-24(32)21-15-6-7-16(18-10-17(15)18)22(21)25(30)33/h1-9,15-18,21-22H,10-11H2/t15-,16-,17-,18-,21+,22+/m0/s1. The molecule has 1 saturated heterocycles. The number of likely N-dealkylation sites (tertiary alicyclic amines) is 1. The fourth-order valence-electron chi connectivity index (χ4n) is 5.97. The van der Waals surface area contributed by atoms with Gasteiger partial charge in [-0.25, -0.2) is 0 Å². The van der Waals surface area contributed by atoms with Crippen molar-refractivity contribution in [3.63, 3.8) is 0 Å². The van der Waals surface area contributed by atoms with Crippen LogP contribution in [0.3, 0.4) is 0 Å². The molecule has 0 aromatic heterocycles. The zero-order chi connectivity index (χ0) is 23.0. The second kappa shape index (κ2) is 7.59. The lowest BCUT2D eigenvalue weighted by Crippen LogP contribution is -2.45. The Bertz CT molecular complexity index is 1190. The molecule has 0 spiro atoms. The minimum atomic E-state index is -0.393. The van der Waals surface area contributed by atoms with Crippen molar-refractivity contribution in [2.24, 2.45) is 35.5 Å². The van der Waals surface area contributed by atoms with Crippen molar-refractivity contribution in [3.8, 4) is 0 Å². The molecule has 0 unspecified atom stereocenters. The van der Waals surface area contributed by atoms with Crippen molar-refractivity contribution in [1.29, 1.82) is 0 Å². The highest BCUT2D eigenvalue weighted by Gasteiger charge is 2.67. The van der Waals surface area contributed by atoms with Crippen LogP contribution in [0.15, 0.2) is 54.6 Å². The van der Waals surface area contributed by atoms with E-state index in [1.165, 1.54) is 15.9 Å². The summed E-state index contributed by atoms with van der Waals surface area (Å²) in [5.41, 5.74) is 0.828. The molecule has 2 aromatic rings. The molecule has 5 aliphatic rings. The number of rotatable bonds is 4. The van der Waals surface area contributed by atoms with Gasteiger partial charge in [0.15, 0.2) is 0 Å². The molecule has 2 saturated carbocycles. The number of carbonyl (C=O) groups excluding carboxylic acids is 3. The van der Waals surface area contributed by atoms with Crippen LogP contribution in [0.2, 0.25) is 15.1 Å². The Morgan fingerprint density at radius 2 is 1.48 bits per heavy atom. The van der Waals surface area contributed by atoms with Gasteiger partial charge in [0.2, 0.25) is 11.8 Å². The van der Waals surface area contributed by atoms with E-state index < -0.39 is 5.91 Å². The third-order valence-corrected chi connectivity index (χ3v) is 8.58. The van der Waals surface area contributed by atoms with Gasteiger partial charge in [0.25, 0.3) is 5.91 Å². The highest BCUT2D eigenvalue weighted by molar-refractivity contribution is 6.42. The molecule has 2 aromatic carbocycles. The third kappa shape index (κ3) is 3.24. The van der Waals surface area contributed by atoms with Gasteiger partial charge < -0.3 is 0 Å². The number of halogens is 3. The smallest absolute Gasteiger partial charge is 0.259 e. The SMILES string of the molecule is O=C1[C@@H]2[C@H]3C=C[C@@H]([C@@H]4C[C@@H]34)[C@H]2C(=O)N1CN(C(=O)c1ccc(Cl)c(Cl)c1)c1ccc(Cl)cc1. The summed E-state index contributed by atoms with van der Waals surface area (Å²) in [5, 5.41) is 1.10. The average molecular weight is 502 g/mol. The highest BCUT2D eigenvalue weighted by Crippen LogP contribution is 2.65. The topological polar surface area (TPSA) is 57.7 Å². The third-order valence-electron chi connectivity index (χ3n) is 7.59. The van der Waals surface area contributed by atoms with Crippen molar-refractivity contribution in [3.05, 3.63) is 75.2 Å². The molecular formula is C25H19Cl3N2O3. The van der Waals surface area contributed by atoms with Crippen LogP contribution in [0, 0.1) is 35.5 Å². The van der Waals surface area contributed by atoms with Gasteiger partial charge in [0.1, 0.15) is 6.67 Å². The van der Waals surface area contributed by atoms with E-state index in [0.29, 0.717) is 33.1 Å². The van der Waals surface area contributed by atoms with E-state index >= 15 is 0 Å². The molecule has 0 N–H and O–H groups in total. The van der Waals surface area contributed by atoms with Gasteiger partial charge >= 0.3 is 0 Å². The summed E-state index contributed by atoms with van der Waals surface area (Å²) < 4.78 is 0. The Balaban J connectivity index is 1.34. The summed E-state index contributed by atoms with van der Waals surface area (Å²) in [5.74, 6) is -0.109. The quantitative estimate of drug-likeness (QED) is 0.422. The van der Waals surface area contributed by atoms with Gasteiger partial charge in [0.05, 0.1) is 21.9 Å². The highest BCUT2D eigenvalue weighted by atomic mass is 35.5. The van der Waals surface area contributed by atoms with Gasteiger partial charge in [0, 0.05) is 16.3 Å². The van der Waals surface area contributed by atoms with Crippen LogP contribution in [0.25, 0.3) is 0 Å². The Labute approximate surface area is 205 Å². The Kier molecular flexibility index (Phi) is 4.88. The zero-order valence-electron chi connectivity index (χ0n) is 17.3. The van der Waals surface area contributed by atoms with Crippen molar-refractivity contribution < 1.29 is 14.4 Å². The van der Waals surface area contributed by atoms with E-state index in [9.17, 15) is 14.4 Å². The first-order chi connectivity index (χ1) is 15.8. The summed E-state index contributed by atoms with van der Waals surface area (Å²) in [6.07, 6.45) is 5.36. The van der Waals surface area contributed by atoms with Crippen molar-refractivity contribution >= 4 is 58.2 Å². The van der Waals surface area contributed by atoms with Crippen LogP contribution in [0.5, 0.6) is 0 Å². The molecule has 0 radical (unpaired) electrons. The summed E-state index contributed by atoms with van der Waals surface area (Å²) in [6.45, 7) is -0.167. The molecule has 6 atom stereocenters. The fourth-order valence-corrected chi connectivity index (χ4v) is 6.39. The molecule has 1 heterocycles. The lowest BCUT2D eigenvalue weighted by Gasteiger charge is -2.37. The van der Waals surface area contributed by atoms with Gasteiger partial charge in [-0.15, -0.1) is 0 Å². The first-order valence-corrected chi connectivity index (χ1v) is 12.0. The van der Waals surface area contributed by atoms with E-state index in [-0.39, 0.29) is 47.2 Å². The maximum atomic E-state index is 13.5. The molecule has 33 heavy (non-hydrogen) atoms. The van der Waals surface area contributed by atoms with Crippen molar-refractivity contribution in [2.75, 3.05) is 11.6 Å². The van der Waals surface area contributed by atoms with Crippen molar-refractivity contribution in [2.45, 2.75) is 6.42 Å². The first kappa shape index (κ1) is 21.2. The Morgan fingerprint density at radius 1 is 0.879 bits per heavy atom. The van der Waals surface area contributed by atoms with Crippen LogP contribution in [0.1, 0.15) is 16.8 Å². The van der Waals surface area contributed by atoms with Crippen LogP contribution in [-0.2, 0) is 9.59 Å². The van der Waals surface area contributed by atoms with E-state index in [2.05, 4.69) is 12.2 Å². The molecule has 7 rings (SSSR count). The normalized spacial score (nSPS) is 30.9. The summed E-state index contributed by atoms with van der Waals surface area (Å²) in [6, 6.07) is 11.3. The van der Waals surface area contributed by atoms with Gasteiger partial charge in [-0.2, -0.15) is 0 Å². The van der Waals surface area contributed by atoms with Crippen LogP contribution in [0.4, 0.5) is 5.69 Å². The maximum absolute atomic E-state index is 13.5. The number of hydrogen-bond acceptors (Lipinski definition) is 3. The molecule has 168 valence electrons. The van der Waals surface area contributed by atoms with Crippen LogP contribution in [-0.4, -0.2) is 29.3 Å². The molecule has 4 aliphatic carbocycles. The largest absolute Gasteiger partial charge is 0.290 e. The molecule has 5 nitrogen and oxygen atoms in total. The zero-order valence-corrected chi connectivity index (χ0v) is 19.6. The summed E-state index contributed by atoms with van der Waals surface area (Å²) >= 11 is 18.2. The molecule has 8 heteroatoms. The Morgan fingerprint density at radius 3 is 2.06 bits per heavy atom. The maximum Gasteiger partial charge on any atom is 0.259 e. The first-order valence-electron chi connectivity index (χ1n) is 10.9. The summed E-state index contributed by atoms with van der Waals surface area (Å²) in [7, 11) is 0. The molecule has 3 amide bonds. The number of imide groups is 1. The number of allylic oxidation sites excluding steroid dienone is 2. The summed E-state index contributed by atoms with van der Waals surface area (Å²) in [4.78, 5) is 43.1. The van der Waals surface area contributed by atoms with Gasteiger partial charge in [-0.3, -0.25) is 24.2 Å². The van der Waals surface area contributed by atoms with Crippen molar-refractivity contribution in [1.82, 2.24) is 4.90 Å². The van der Waals surface area contributed by atoms with Crippen LogP contribution < -0.4 is 4.90 Å². The predicted molar refractivity (Wildman–Crippen MR) is 126 cm³/mol. The lowest BCUT2D eigenvalue weighted by molar-refractivity contribution is -0.140. The van der Waals surface area contributed by atoms with Gasteiger partial charge in [-0.05, 0) is 72.6 Å². The van der Waals surface area contributed by atoms with E-state index in [0.717, 1.165) is 6.42 Å². The molecular weight excluding hydrogens is 483 g/mol. The van der Waals surface area contributed by atoms with E-state index in [4.69, 9.17) is 34.8 Å². The molecule has 3 fully saturated rings. The number of hydrogen-bond donors (Lipinski definition) is 0. The van der Waals surface area contributed by atoms with E-state index in [1.807, 2.05) is 0 Å². The Hall–Kier alpha value is -2.34. The number of nitrogens with zero attached hydrogens (tertiary/aromatic N) is 2. The minimum absolute atomic E-state index is 0.126. The molecule has 2 bridgehead atoms. The molecule has 1 aliphatic heterocycles. The minimum Gasteiger partial charge on any atom is -0.290 e. The number of amides is 3. The second-order valence-corrected chi connectivity index (χ2v) is 10.5. The van der Waals surface area contributed by atoms with Crippen LogP contribution >= 0.6 is 34.8 Å². The number of anilines is 1. The van der Waals surface area contributed by atoms with Gasteiger partial charge in [-0.1, -0.05) is 47.0 Å². The fraction of sp³-hybridized carbons (Fsp3) is 0.320. The lowest BCUT2D eigenvalue weighted by atomic mass is 9.63. The average Bonchev–Trinajstić information content (AvgIpc) is 3.59. The predicted octanol–water partition coefficient (Wildman–Crippen LogP) is 5.30. The number of benzene rings is 2. The van der Waals surface area contributed by atoms with E-state index in [1.54, 1.807) is 36.4 Å². The second-order valence-electron chi connectivity index (χ2n) is 9.24.